The Labute approximate surface area is 358 Å². The third-order valence-electron chi connectivity index (χ3n) is 12.6. The lowest BCUT2D eigenvalue weighted by atomic mass is 9.92. The maximum Gasteiger partial charge on any atom is 0.407 e. The van der Waals surface area contributed by atoms with Crippen molar-refractivity contribution in [3.8, 4) is 28.1 Å². The molecule has 17 heteroatoms. The lowest BCUT2D eigenvalue weighted by Gasteiger charge is -2.33. The summed E-state index contributed by atoms with van der Waals surface area (Å²) in [6.45, 7) is 6.65. The number of hydrogen-bond acceptors (Lipinski definition) is 11. The van der Waals surface area contributed by atoms with Gasteiger partial charge in [-0.15, -0.1) is 0 Å². The highest BCUT2D eigenvalue weighted by Crippen LogP contribution is 2.44. The molecule has 2 saturated heterocycles. The van der Waals surface area contributed by atoms with Crippen LogP contribution in [0.3, 0.4) is 0 Å². The van der Waals surface area contributed by atoms with Gasteiger partial charge in [0, 0.05) is 36.6 Å². The average molecular weight is 851 g/mol. The molecule has 0 bridgehead atoms. The van der Waals surface area contributed by atoms with Crippen LogP contribution in [0, 0.1) is 5.92 Å². The van der Waals surface area contributed by atoms with Gasteiger partial charge in [0.1, 0.15) is 36.1 Å². The number of rotatable bonds is 12. The van der Waals surface area contributed by atoms with Gasteiger partial charge in [-0.25, -0.2) is 19.6 Å². The first-order valence-electron chi connectivity index (χ1n) is 21.2. The van der Waals surface area contributed by atoms with Gasteiger partial charge in [0.2, 0.25) is 11.8 Å². The van der Waals surface area contributed by atoms with Crippen LogP contribution >= 0.6 is 0 Å². The van der Waals surface area contributed by atoms with E-state index in [1.807, 2.05) is 32.0 Å². The van der Waals surface area contributed by atoms with E-state index in [2.05, 4.69) is 44.9 Å². The van der Waals surface area contributed by atoms with Crippen LogP contribution < -0.4 is 15.4 Å². The Hall–Kier alpha value is -6.20. The molecule has 0 radical (unpaired) electrons. The number of H-pyrrole nitrogens is 2. The number of likely N-dealkylation sites (tertiary alicyclic amines) is 2. The minimum atomic E-state index is -1.16. The van der Waals surface area contributed by atoms with Crippen molar-refractivity contribution in [1.29, 1.82) is 0 Å². The first kappa shape index (κ1) is 42.5. The van der Waals surface area contributed by atoms with Gasteiger partial charge in [0.25, 0.3) is 0 Å². The number of aliphatic hydroxyl groups excluding tert-OH is 1. The van der Waals surface area contributed by atoms with Crippen LogP contribution in [0.25, 0.3) is 44.2 Å². The number of alkyl carbamates (subject to hydrolysis) is 2. The van der Waals surface area contributed by atoms with Gasteiger partial charge < -0.3 is 54.5 Å². The molecular weight excluding hydrogens is 797 g/mol. The van der Waals surface area contributed by atoms with Crippen LogP contribution in [0.15, 0.2) is 48.7 Å². The van der Waals surface area contributed by atoms with E-state index in [4.69, 9.17) is 28.9 Å². The topological polar surface area (TPSA) is 213 Å². The first-order valence-corrected chi connectivity index (χ1v) is 21.2. The summed E-state index contributed by atoms with van der Waals surface area (Å²) >= 11 is 0. The van der Waals surface area contributed by atoms with E-state index in [1.54, 1.807) is 23.1 Å². The number of aromatic nitrogens is 4. The number of nitrogens with zero attached hydrogens (tertiary/aromatic N) is 4. The maximum absolute atomic E-state index is 13.9. The van der Waals surface area contributed by atoms with Crippen LogP contribution in [-0.2, 0) is 30.4 Å². The average Bonchev–Trinajstić information content (AvgIpc) is 4.11. The number of carbonyl (C=O) groups is 4. The Morgan fingerprint density at radius 3 is 2.45 bits per heavy atom. The fourth-order valence-corrected chi connectivity index (χ4v) is 9.43. The van der Waals surface area contributed by atoms with Gasteiger partial charge in [-0.2, -0.15) is 0 Å². The monoisotopic (exact) mass is 850 g/mol. The molecule has 328 valence electrons. The van der Waals surface area contributed by atoms with Crippen LogP contribution in [-0.4, -0.2) is 118 Å². The number of nitrogens with one attached hydrogen (secondary N) is 4. The van der Waals surface area contributed by atoms with Crippen molar-refractivity contribution in [3.63, 3.8) is 0 Å². The van der Waals surface area contributed by atoms with Crippen molar-refractivity contribution < 1.29 is 43.2 Å². The van der Waals surface area contributed by atoms with Gasteiger partial charge in [-0.05, 0) is 85.4 Å². The largest absolute Gasteiger partial charge is 0.488 e. The zero-order valence-corrected chi connectivity index (χ0v) is 35.8. The maximum atomic E-state index is 13.9. The van der Waals surface area contributed by atoms with Gasteiger partial charge in [-0.1, -0.05) is 32.0 Å². The number of carbonyl (C=O) groups excluding carboxylic acids is 4. The second-order valence-electron chi connectivity index (χ2n) is 16.4. The standard InChI is InChI=1S/C45H54N8O9/c1-7-28-11-14-35(53(28)43(56)38(23(3)54)51-45(58)61-6)40-46-19-34(48-40)26-9-12-29-27(16-26)22-62-37-18-30-25(17-31(29)37)10-13-33-39(30)50-41(47-33)36-15-24(21-59-4)20-52(36)42(55)32(8-2)49-44(57)60-5/h9-10,12-13,16-19,23-24,28,32,35-36,38,54H,7-8,11,14-15,20-22H2,1-6H3,(H,46,48)(H,47,50)(H,49,57)(H,51,58)/t23-,24+,28+,32+,35+,36+,38+/m1/s1. The highest BCUT2D eigenvalue weighted by molar-refractivity contribution is 6.07. The number of imidazole rings is 2. The molecule has 2 aromatic heterocycles. The summed E-state index contributed by atoms with van der Waals surface area (Å²) in [6, 6.07) is 11.8. The molecule has 0 saturated carbocycles. The van der Waals surface area contributed by atoms with E-state index in [-0.39, 0.29) is 35.9 Å². The third kappa shape index (κ3) is 7.90. The van der Waals surface area contributed by atoms with E-state index >= 15 is 0 Å². The zero-order valence-electron chi connectivity index (χ0n) is 35.8. The first-order chi connectivity index (χ1) is 30.0. The number of benzene rings is 3. The number of hydrogen-bond donors (Lipinski definition) is 5. The number of ether oxygens (including phenoxy) is 4. The van der Waals surface area contributed by atoms with Gasteiger partial charge in [-0.3, -0.25) is 9.59 Å². The smallest absolute Gasteiger partial charge is 0.407 e. The summed E-state index contributed by atoms with van der Waals surface area (Å²) in [5.74, 6) is 1.56. The number of aliphatic hydroxyl groups is 1. The zero-order chi connectivity index (χ0) is 43.8. The van der Waals surface area contributed by atoms with Gasteiger partial charge >= 0.3 is 12.2 Å². The van der Waals surface area contributed by atoms with Crippen LogP contribution in [0.2, 0.25) is 0 Å². The summed E-state index contributed by atoms with van der Waals surface area (Å²) in [6.07, 6.45) is 2.41. The van der Waals surface area contributed by atoms with Gasteiger partial charge in [0.15, 0.2) is 0 Å². The lowest BCUT2D eigenvalue weighted by molar-refractivity contribution is -0.139. The normalized spacial score (nSPS) is 20.9. The SMILES string of the molecule is CC[C@H]1CC[C@@H](c2ncc(-c3ccc4c(c3)COc3cc5c(ccc6[nH]c([C@@H]7C[C@H](COC)CN7C(=O)[C@H](CC)NC(=O)OC)nc65)cc3-4)[nH]2)N1C(=O)[C@@H](NC(=O)OC)[C@@H](C)O. The van der Waals surface area contributed by atoms with Crippen molar-refractivity contribution in [2.24, 2.45) is 5.92 Å². The molecule has 8 rings (SSSR count). The van der Waals surface area contributed by atoms with Crippen LogP contribution in [0.4, 0.5) is 9.59 Å². The van der Waals surface area contributed by atoms with E-state index in [0.29, 0.717) is 57.1 Å². The molecule has 3 aromatic carbocycles. The summed E-state index contributed by atoms with van der Waals surface area (Å²) in [5.41, 5.74) is 6.34. The molecule has 17 nitrogen and oxygen atoms in total. The molecule has 0 spiro atoms. The van der Waals surface area contributed by atoms with Crippen molar-refractivity contribution >= 4 is 45.8 Å². The van der Waals surface area contributed by atoms with E-state index in [1.165, 1.54) is 21.1 Å². The number of aromatic amines is 2. The lowest BCUT2D eigenvalue weighted by Crippen LogP contribution is -2.55. The Kier molecular flexibility index (Phi) is 12.1. The highest BCUT2D eigenvalue weighted by atomic mass is 16.5. The van der Waals surface area contributed by atoms with E-state index in [0.717, 1.165) is 61.9 Å². The molecule has 2 fully saturated rings. The fraction of sp³-hybridized carbons (Fsp3) is 0.467. The Morgan fingerprint density at radius 2 is 1.73 bits per heavy atom. The Bertz CT molecular complexity index is 2500. The summed E-state index contributed by atoms with van der Waals surface area (Å²) in [5, 5.41) is 17.5. The van der Waals surface area contributed by atoms with Crippen molar-refractivity contribution in [1.82, 2.24) is 40.4 Å². The summed E-state index contributed by atoms with van der Waals surface area (Å²) < 4.78 is 21.4. The molecule has 0 unspecified atom stereocenters. The van der Waals surface area contributed by atoms with Crippen molar-refractivity contribution in [2.75, 3.05) is 34.5 Å². The van der Waals surface area contributed by atoms with E-state index in [9.17, 15) is 24.3 Å². The molecule has 62 heavy (non-hydrogen) atoms. The molecule has 4 amide bonds. The highest BCUT2D eigenvalue weighted by Gasteiger charge is 2.43. The number of fused-ring (bicyclic) bond motifs is 6. The Balaban J connectivity index is 1.05. The molecule has 3 aliphatic rings. The molecule has 7 atom stereocenters. The third-order valence-corrected chi connectivity index (χ3v) is 12.6. The van der Waals surface area contributed by atoms with E-state index < -0.39 is 30.4 Å². The molecular formula is C45H54N8O9. The van der Waals surface area contributed by atoms with Crippen LogP contribution in [0.1, 0.15) is 82.2 Å². The summed E-state index contributed by atoms with van der Waals surface area (Å²) in [4.78, 5) is 72.2. The predicted octanol–water partition coefficient (Wildman–Crippen LogP) is 5.88. The fourth-order valence-electron chi connectivity index (χ4n) is 9.43. The molecule has 5 N–H and O–H groups in total. The minimum Gasteiger partial charge on any atom is -0.488 e. The summed E-state index contributed by atoms with van der Waals surface area (Å²) in [7, 11) is 4.14. The Morgan fingerprint density at radius 1 is 0.935 bits per heavy atom. The van der Waals surface area contributed by atoms with Crippen molar-refractivity contribution in [3.05, 3.63) is 65.9 Å². The molecule has 5 heterocycles. The quantitative estimate of drug-likeness (QED) is 0.1000. The number of methoxy groups -OCH3 is 3. The minimum absolute atomic E-state index is 0.0797. The van der Waals surface area contributed by atoms with Gasteiger partial charge in [0.05, 0.1) is 61.9 Å². The molecule has 3 aliphatic heterocycles. The predicted molar refractivity (Wildman–Crippen MR) is 229 cm³/mol. The van der Waals surface area contributed by atoms with Crippen molar-refractivity contribution in [2.45, 2.75) is 95.8 Å². The second kappa shape index (κ2) is 17.6. The molecule has 0 aliphatic carbocycles. The second-order valence-corrected chi connectivity index (χ2v) is 16.4. The molecule has 5 aromatic rings. The van der Waals surface area contributed by atoms with Crippen LogP contribution in [0.5, 0.6) is 5.75 Å². The number of amides is 4.